The maximum Gasteiger partial charge on any atom is 0.339 e. The highest BCUT2D eigenvalue weighted by Crippen LogP contribution is 2.15. The van der Waals surface area contributed by atoms with Crippen molar-refractivity contribution in [2.45, 2.75) is 34.6 Å². The van der Waals surface area contributed by atoms with Crippen LogP contribution >= 0.6 is 0 Å². The summed E-state index contributed by atoms with van der Waals surface area (Å²) in [6.45, 7) is 10.4. The second kappa shape index (κ2) is 7.42. The van der Waals surface area contributed by atoms with E-state index in [2.05, 4.69) is 20.6 Å². The number of hydrogen-bond donors (Lipinski definition) is 1. The van der Waals surface area contributed by atoms with Gasteiger partial charge in [0.1, 0.15) is 0 Å². The standard InChI is InChI=1S/C17H23N5O3/c1-6-25-16(24)12-7-14(11(2)18-8-12)22-9-13(20-21-22)15(23)19-10-17(3,4)5/h7-9H,6,10H2,1-5H3,(H,19,23). The lowest BCUT2D eigenvalue weighted by Gasteiger charge is -2.17. The molecule has 2 rings (SSSR count). The number of esters is 1. The summed E-state index contributed by atoms with van der Waals surface area (Å²) in [6.07, 6.45) is 2.96. The number of ether oxygens (including phenoxy) is 1. The number of carbonyl (C=O) groups is 2. The first-order valence-electron chi connectivity index (χ1n) is 8.06. The van der Waals surface area contributed by atoms with Crippen molar-refractivity contribution in [3.8, 4) is 5.69 Å². The molecule has 8 heteroatoms. The highest BCUT2D eigenvalue weighted by molar-refractivity contribution is 5.92. The van der Waals surface area contributed by atoms with Crippen molar-refractivity contribution in [1.29, 1.82) is 0 Å². The molecule has 2 heterocycles. The molecule has 0 saturated heterocycles. The van der Waals surface area contributed by atoms with Crippen LogP contribution < -0.4 is 5.32 Å². The molecule has 0 aromatic carbocycles. The lowest BCUT2D eigenvalue weighted by Crippen LogP contribution is -2.32. The van der Waals surface area contributed by atoms with Crippen LogP contribution in [0.15, 0.2) is 18.5 Å². The van der Waals surface area contributed by atoms with E-state index < -0.39 is 5.97 Å². The van der Waals surface area contributed by atoms with Gasteiger partial charge in [0.05, 0.1) is 29.7 Å². The fourth-order valence-corrected chi connectivity index (χ4v) is 2.00. The van der Waals surface area contributed by atoms with Crippen LogP contribution in [-0.4, -0.2) is 45.0 Å². The zero-order valence-corrected chi connectivity index (χ0v) is 15.2. The molecule has 25 heavy (non-hydrogen) atoms. The minimum Gasteiger partial charge on any atom is -0.462 e. The molecule has 2 aromatic heterocycles. The van der Waals surface area contributed by atoms with E-state index in [1.165, 1.54) is 17.1 Å². The summed E-state index contributed by atoms with van der Waals surface area (Å²) in [5.41, 5.74) is 1.70. The fraction of sp³-hybridized carbons (Fsp3) is 0.471. The molecule has 0 aliphatic carbocycles. The number of nitrogens with zero attached hydrogens (tertiary/aromatic N) is 4. The average molecular weight is 345 g/mol. The number of pyridine rings is 1. The van der Waals surface area contributed by atoms with Gasteiger partial charge in [-0.1, -0.05) is 26.0 Å². The third-order valence-electron chi connectivity index (χ3n) is 3.32. The van der Waals surface area contributed by atoms with Crippen LogP contribution in [0.5, 0.6) is 0 Å². The average Bonchev–Trinajstić information content (AvgIpc) is 3.02. The largest absolute Gasteiger partial charge is 0.462 e. The van der Waals surface area contributed by atoms with Crippen molar-refractivity contribution in [3.63, 3.8) is 0 Å². The Kier molecular flexibility index (Phi) is 5.51. The second-order valence-corrected chi connectivity index (χ2v) is 6.84. The number of nitrogens with one attached hydrogen (secondary N) is 1. The van der Waals surface area contributed by atoms with E-state index in [9.17, 15) is 9.59 Å². The van der Waals surface area contributed by atoms with Crippen molar-refractivity contribution < 1.29 is 14.3 Å². The number of carbonyl (C=O) groups excluding carboxylic acids is 2. The van der Waals surface area contributed by atoms with E-state index >= 15 is 0 Å². The summed E-state index contributed by atoms with van der Waals surface area (Å²) < 4.78 is 6.41. The van der Waals surface area contributed by atoms with Gasteiger partial charge in [0, 0.05) is 12.7 Å². The predicted octanol–water partition coefficient (Wildman–Crippen LogP) is 1.92. The summed E-state index contributed by atoms with van der Waals surface area (Å²) in [5.74, 6) is -0.757. The van der Waals surface area contributed by atoms with Crippen LogP contribution in [0.2, 0.25) is 0 Å². The Hall–Kier alpha value is -2.77. The van der Waals surface area contributed by atoms with E-state index in [0.717, 1.165) is 0 Å². The Morgan fingerprint density at radius 3 is 2.68 bits per heavy atom. The van der Waals surface area contributed by atoms with Crippen LogP contribution in [0.3, 0.4) is 0 Å². The third kappa shape index (κ3) is 4.85. The minimum atomic E-state index is -0.459. The molecule has 134 valence electrons. The quantitative estimate of drug-likeness (QED) is 0.831. The van der Waals surface area contributed by atoms with Crippen molar-refractivity contribution >= 4 is 11.9 Å². The Balaban J connectivity index is 2.23. The fourth-order valence-electron chi connectivity index (χ4n) is 2.00. The zero-order chi connectivity index (χ0) is 18.6. The topological polar surface area (TPSA) is 99.0 Å². The Bertz CT molecular complexity index is 777. The van der Waals surface area contributed by atoms with Gasteiger partial charge in [-0.2, -0.15) is 0 Å². The molecule has 1 N–H and O–H groups in total. The van der Waals surface area contributed by atoms with Crippen molar-refractivity contribution in [1.82, 2.24) is 25.3 Å². The molecule has 0 atom stereocenters. The highest BCUT2D eigenvalue weighted by Gasteiger charge is 2.17. The highest BCUT2D eigenvalue weighted by atomic mass is 16.5. The van der Waals surface area contributed by atoms with Crippen molar-refractivity contribution in [2.75, 3.05) is 13.2 Å². The molecule has 0 spiro atoms. The van der Waals surface area contributed by atoms with Crippen LogP contribution in [0.25, 0.3) is 5.69 Å². The van der Waals surface area contributed by atoms with Gasteiger partial charge >= 0.3 is 5.97 Å². The molecular formula is C17H23N5O3. The van der Waals surface area contributed by atoms with Crippen LogP contribution in [0.1, 0.15) is 54.2 Å². The van der Waals surface area contributed by atoms with Gasteiger partial charge in [-0.15, -0.1) is 5.10 Å². The van der Waals surface area contributed by atoms with E-state index in [0.29, 0.717) is 23.5 Å². The second-order valence-electron chi connectivity index (χ2n) is 6.84. The van der Waals surface area contributed by atoms with E-state index in [1.54, 1.807) is 19.9 Å². The van der Waals surface area contributed by atoms with E-state index in [1.807, 2.05) is 20.8 Å². The van der Waals surface area contributed by atoms with Gasteiger partial charge in [0.2, 0.25) is 0 Å². The van der Waals surface area contributed by atoms with Gasteiger partial charge in [0.15, 0.2) is 5.69 Å². The molecule has 0 radical (unpaired) electrons. The maximum absolute atomic E-state index is 12.2. The Labute approximate surface area is 146 Å². The predicted molar refractivity (Wildman–Crippen MR) is 91.6 cm³/mol. The van der Waals surface area contributed by atoms with Gasteiger partial charge in [-0.05, 0) is 25.3 Å². The number of aryl methyl sites for hydroxylation is 1. The smallest absolute Gasteiger partial charge is 0.339 e. The number of hydrogen-bond acceptors (Lipinski definition) is 6. The Morgan fingerprint density at radius 1 is 1.32 bits per heavy atom. The summed E-state index contributed by atoms with van der Waals surface area (Å²) >= 11 is 0. The van der Waals surface area contributed by atoms with Gasteiger partial charge in [0.25, 0.3) is 5.91 Å². The first kappa shape index (κ1) is 18.6. The molecule has 2 aromatic rings. The van der Waals surface area contributed by atoms with Crippen LogP contribution in [-0.2, 0) is 4.74 Å². The van der Waals surface area contributed by atoms with E-state index in [-0.39, 0.29) is 23.6 Å². The molecule has 0 saturated carbocycles. The van der Waals surface area contributed by atoms with Crippen LogP contribution in [0.4, 0.5) is 0 Å². The SMILES string of the molecule is CCOC(=O)c1cnc(C)c(-n2cc(C(=O)NCC(C)(C)C)nn2)c1. The molecule has 0 unspecified atom stereocenters. The van der Waals surface area contributed by atoms with Gasteiger partial charge in [-0.25, -0.2) is 9.48 Å². The molecular weight excluding hydrogens is 322 g/mol. The molecule has 1 amide bonds. The molecule has 8 nitrogen and oxygen atoms in total. The minimum absolute atomic E-state index is 0.0276. The first-order valence-corrected chi connectivity index (χ1v) is 8.06. The van der Waals surface area contributed by atoms with Crippen LogP contribution in [0, 0.1) is 12.3 Å². The van der Waals surface area contributed by atoms with Crippen molar-refractivity contribution in [3.05, 3.63) is 35.4 Å². The monoisotopic (exact) mass is 345 g/mol. The molecule has 0 aliphatic heterocycles. The number of aromatic nitrogens is 4. The summed E-state index contributed by atoms with van der Waals surface area (Å²) in [7, 11) is 0. The molecule has 0 aliphatic rings. The van der Waals surface area contributed by atoms with Gasteiger partial charge < -0.3 is 10.1 Å². The molecule has 0 bridgehead atoms. The number of amides is 1. The summed E-state index contributed by atoms with van der Waals surface area (Å²) in [4.78, 5) is 28.2. The lowest BCUT2D eigenvalue weighted by molar-refractivity contribution is 0.0525. The summed E-state index contributed by atoms with van der Waals surface area (Å²) in [6, 6.07) is 1.62. The van der Waals surface area contributed by atoms with E-state index in [4.69, 9.17) is 4.74 Å². The molecule has 0 fully saturated rings. The van der Waals surface area contributed by atoms with Gasteiger partial charge in [-0.3, -0.25) is 9.78 Å². The summed E-state index contributed by atoms with van der Waals surface area (Å²) in [5, 5.41) is 10.7. The maximum atomic E-state index is 12.2. The first-order chi connectivity index (χ1) is 11.7. The normalized spacial score (nSPS) is 11.2. The number of rotatable bonds is 5. The third-order valence-corrected chi connectivity index (χ3v) is 3.32. The lowest BCUT2D eigenvalue weighted by atomic mass is 9.97. The Morgan fingerprint density at radius 2 is 2.04 bits per heavy atom. The van der Waals surface area contributed by atoms with Crippen molar-refractivity contribution in [2.24, 2.45) is 5.41 Å². The zero-order valence-electron chi connectivity index (χ0n) is 15.2.